The molecule has 1 heterocycles. The topological polar surface area (TPSA) is 47.8 Å². The largest absolute Gasteiger partial charge is 0.292 e. The molecule has 0 saturated carbocycles. The second kappa shape index (κ2) is 6.28. The van der Waals surface area contributed by atoms with Crippen LogP contribution in [0.2, 0.25) is 0 Å². The summed E-state index contributed by atoms with van der Waals surface area (Å²) >= 11 is 0. The molecule has 104 valence electrons. The van der Waals surface area contributed by atoms with Crippen molar-refractivity contribution in [1.29, 1.82) is 0 Å². The monoisotopic (exact) mass is 269 g/mol. The first-order valence-electron chi connectivity index (χ1n) is 6.72. The second-order valence-corrected chi connectivity index (χ2v) is 4.86. The predicted molar refractivity (Wildman–Crippen MR) is 78.8 cm³/mol. The van der Waals surface area contributed by atoms with E-state index in [-0.39, 0.29) is 5.78 Å². The summed E-state index contributed by atoms with van der Waals surface area (Å²) < 4.78 is 1.78. The highest BCUT2D eigenvalue weighted by Gasteiger charge is 2.15. The van der Waals surface area contributed by atoms with Gasteiger partial charge in [0.2, 0.25) is 0 Å². The molecule has 2 rings (SSSR count). The number of Topliss-reactive ketones (excluding diaryl/α,β-unsaturated/α-hetero) is 1. The van der Waals surface area contributed by atoms with Gasteiger partial charge in [0.05, 0.1) is 12.2 Å². The average Bonchev–Trinajstić information content (AvgIpc) is 2.80. The van der Waals surface area contributed by atoms with Crippen LogP contribution < -0.4 is 0 Å². The molecular formula is C16H19N3O. The minimum Gasteiger partial charge on any atom is -0.292 e. The zero-order valence-electron chi connectivity index (χ0n) is 12.0. The maximum atomic E-state index is 12.0. The van der Waals surface area contributed by atoms with Crippen molar-refractivity contribution < 1.29 is 4.79 Å². The Labute approximate surface area is 119 Å². The highest BCUT2D eigenvalue weighted by Crippen LogP contribution is 2.13. The Balaban J connectivity index is 2.19. The molecule has 2 aromatic rings. The van der Waals surface area contributed by atoms with E-state index in [0.29, 0.717) is 25.1 Å². The minimum atomic E-state index is 0.0263. The van der Waals surface area contributed by atoms with Crippen LogP contribution in [0, 0.1) is 13.8 Å². The molecule has 1 aromatic heterocycles. The fourth-order valence-electron chi connectivity index (χ4n) is 2.07. The number of aromatic nitrogens is 3. The summed E-state index contributed by atoms with van der Waals surface area (Å²) in [5.74, 6) is 0.0263. The van der Waals surface area contributed by atoms with Crippen molar-refractivity contribution in [2.24, 2.45) is 0 Å². The second-order valence-electron chi connectivity index (χ2n) is 4.86. The third kappa shape index (κ3) is 3.02. The fraction of sp³-hybridized carbons (Fsp3) is 0.312. The highest BCUT2D eigenvalue weighted by atomic mass is 16.1. The van der Waals surface area contributed by atoms with Crippen LogP contribution in [0.5, 0.6) is 0 Å². The summed E-state index contributed by atoms with van der Waals surface area (Å²) in [7, 11) is 0. The Morgan fingerprint density at radius 2 is 2.10 bits per heavy atom. The number of ketones is 1. The van der Waals surface area contributed by atoms with Crippen LogP contribution in [-0.4, -0.2) is 20.8 Å². The molecule has 0 fully saturated rings. The Bertz CT molecular complexity index is 628. The smallest absolute Gasteiger partial charge is 0.185 e. The van der Waals surface area contributed by atoms with Gasteiger partial charge in [-0.05, 0) is 31.4 Å². The third-order valence-electron chi connectivity index (χ3n) is 3.40. The van der Waals surface area contributed by atoms with E-state index in [1.807, 2.05) is 19.1 Å². The molecule has 0 atom stereocenters. The van der Waals surface area contributed by atoms with Crippen molar-refractivity contribution in [1.82, 2.24) is 15.0 Å². The zero-order chi connectivity index (χ0) is 14.5. The van der Waals surface area contributed by atoms with E-state index >= 15 is 0 Å². The Kier molecular flexibility index (Phi) is 4.45. The van der Waals surface area contributed by atoms with Crippen LogP contribution in [0.1, 0.15) is 40.2 Å². The average molecular weight is 269 g/mol. The van der Waals surface area contributed by atoms with Gasteiger partial charge >= 0.3 is 0 Å². The van der Waals surface area contributed by atoms with Crippen molar-refractivity contribution in [3.8, 4) is 0 Å². The third-order valence-corrected chi connectivity index (χ3v) is 3.40. The molecule has 0 unspecified atom stereocenters. The van der Waals surface area contributed by atoms with Gasteiger partial charge in [-0.3, -0.25) is 4.79 Å². The first-order chi connectivity index (χ1) is 9.63. The van der Waals surface area contributed by atoms with Crippen molar-refractivity contribution in [3.05, 3.63) is 59.4 Å². The molecule has 4 heteroatoms. The number of nitrogens with zero attached hydrogens (tertiary/aromatic N) is 3. The van der Waals surface area contributed by atoms with Crippen LogP contribution in [0.15, 0.2) is 36.9 Å². The van der Waals surface area contributed by atoms with Gasteiger partial charge in [0.25, 0.3) is 0 Å². The predicted octanol–water partition coefficient (Wildman–Crippen LogP) is 3.09. The lowest BCUT2D eigenvalue weighted by Crippen LogP contribution is -2.07. The van der Waals surface area contributed by atoms with Gasteiger partial charge in [-0.1, -0.05) is 35.6 Å². The molecule has 0 aliphatic carbocycles. The van der Waals surface area contributed by atoms with E-state index in [2.05, 4.69) is 35.9 Å². The number of rotatable bonds is 6. The molecule has 0 spiro atoms. The van der Waals surface area contributed by atoms with Gasteiger partial charge in [0.1, 0.15) is 0 Å². The molecular weight excluding hydrogens is 250 g/mol. The SMILES string of the molecule is C=CCCC(=O)c1nnn(Cc2ccccc2C)c1C. The molecule has 0 aliphatic heterocycles. The van der Waals surface area contributed by atoms with Gasteiger partial charge < -0.3 is 0 Å². The van der Waals surface area contributed by atoms with E-state index in [4.69, 9.17) is 0 Å². The number of aryl methyl sites for hydroxylation is 1. The molecule has 0 radical (unpaired) electrons. The molecule has 0 amide bonds. The lowest BCUT2D eigenvalue weighted by Gasteiger charge is -2.06. The van der Waals surface area contributed by atoms with E-state index in [1.165, 1.54) is 11.1 Å². The van der Waals surface area contributed by atoms with Crippen LogP contribution in [0.25, 0.3) is 0 Å². The lowest BCUT2D eigenvalue weighted by atomic mass is 10.1. The minimum absolute atomic E-state index is 0.0263. The number of allylic oxidation sites excluding steroid dienone is 1. The van der Waals surface area contributed by atoms with Crippen molar-refractivity contribution in [2.75, 3.05) is 0 Å². The molecule has 20 heavy (non-hydrogen) atoms. The zero-order valence-corrected chi connectivity index (χ0v) is 12.0. The van der Waals surface area contributed by atoms with Gasteiger partial charge in [0.15, 0.2) is 11.5 Å². The van der Waals surface area contributed by atoms with E-state index in [0.717, 1.165) is 5.69 Å². The van der Waals surface area contributed by atoms with Crippen LogP contribution in [0.4, 0.5) is 0 Å². The summed E-state index contributed by atoms with van der Waals surface area (Å²) in [5.41, 5.74) is 3.69. The molecule has 0 N–H and O–H groups in total. The summed E-state index contributed by atoms with van der Waals surface area (Å²) in [5, 5.41) is 8.12. The number of carbonyl (C=O) groups is 1. The maximum absolute atomic E-state index is 12.0. The Morgan fingerprint density at radius 3 is 2.80 bits per heavy atom. The summed E-state index contributed by atoms with van der Waals surface area (Å²) in [6.07, 6.45) is 2.85. The number of carbonyl (C=O) groups excluding carboxylic acids is 1. The van der Waals surface area contributed by atoms with Gasteiger partial charge in [0, 0.05) is 6.42 Å². The molecule has 0 bridgehead atoms. The first kappa shape index (κ1) is 14.2. The Morgan fingerprint density at radius 1 is 1.35 bits per heavy atom. The fourth-order valence-corrected chi connectivity index (χ4v) is 2.07. The van der Waals surface area contributed by atoms with E-state index < -0.39 is 0 Å². The number of hydrogen-bond donors (Lipinski definition) is 0. The standard InChI is InChI=1S/C16H19N3O/c1-4-5-10-15(20)16-13(3)19(18-17-16)11-14-9-7-6-8-12(14)2/h4,6-9H,1,5,10-11H2,2-3H3. The Hall–Kier alpha value is -2.23. The lowest BCUT2D eigenvalue weighted by molar-refractivity contribution is 0.0978. The van der Waals surface area contributed by atoms with Crippen molar-refractivity contribution in [2.45, 2.75) is 33.2 Å². The van der Waals surface area contributed by atoms with Gasteiger partial charge in [-0.25, -0.2) is 4.68 Å². The summed E-state index contributed by atoms with van der Waals surface area (Å²) in [6, 6.07) is 8.15. The normalized spacial score (nSPS) is 10.5. The molecule has 0 aliphatic rings. The van der Waals surface area contributed by atoms with Gasteiger partial charge in [-0.15, -0.1) is 11.7 Å². The van der Waals surface area contributed by atoms with Gasteiger partial charge in [-0.2, -0.15) is 0 Å². The van der Waals surface area contributed by atoms with Crippen molar-refractivity contribution >= 4 is 5.78 Å². The molecule has 4 nitrogen and oxygen atoms in total. The molecule has 1 aromatic carbocycles. The quantitative estimate of drug-likeness (QED) is 0.598. The highest BCUT2D eigenvalue weighted by molar-refractivity contribution is 5.95. The van der Waals surface area contributed by atoms with Crippen LogP contribution >= 0.6 is 0 Å². The maximum Gasteiger partial charge on any atom is 0.185 e. The van der Waals surface area contributed by atoms with E-state index in [1.54, 1.807) is 10.8 Å². The summed E-state index contributed by atoms with van der Waals surface area (Å²) in [6.45, 7) is 8.22. The van der Waals surface area contributed by atoms with E-state index in [9.17, 15) is 4.79 Å². The summed E-state index contributed by atoms with van der Waals surface area (Å²) in [4.78, 5) is 12.0. The van der Waals surface area contributed by atoms with Crippen LogP contribution in [0.3, 0.4) is 0 Å². The first-order valence-corrected chi connectivity index (χ1v) is 6.72. The number of benzene rings is 1. The van der Waals surface area contributed by atoms with Crippen LogP contribution in [-0.2, 0) is 6.54 Å². The number of hydrogen-bond acceptors (Lipinski definition) is 3. The molecule has 0 saturated heterocycles. The van der Waals surface area contributed by atoms with Crippen molar-refractivity contribution in [3.63, 3.8) is 0 Å².